The third-order valence-corrected chi connectivity index (χ3v) is 2.11. The quantitative estimate of drug-likeness (QED) is 0.602. The van der Waals surface area contributed by atoms with E-state index in [2.05, 4.69) is 11.1 Å². The summed E-state index contributed by atoms with van der Waals surface area (Å²) in [7, 11) is 5.61. The average Bonchev–Trinajstić information content (AvgIpc) is 2.61. The van der Waals surface area contributed by atoms with Crippen LogP contribution in [0.5, 0.6) is 0 Å². The van der Waals surface area contributed by atoms with Gasteiger partial charge in [0.15, 0.2) is 0 Å². The van der Waals surface area contributed by atoms with Crippen molar-refractivity contribution in [2.45, 2.75) is 0 Å². The Kier molecular flexibility index (Phi) is 1.72. The largest absolute Gasteiger partial charge is 0.480 e. The fourth-order valence-electron chi connectivity index (χ4n) is 1.51. The number of aliphatic imine (C=N–C) groups is 1. The van der Waals surface area contributed by atoms with Gasteiger partial charge in [-0.05, 0) is 6.08 Å². The van der Waals surface area contributed by atoms with E-state index in [0.717, 1.165) is 17.0 Å². The Morgan fingerprint density at radius 3 is 2.77 bits per heavy atom. The van der Waals surface area contributed by atoms with E-state index >= 15 is 0 Å². The van der Waals surface area contributed by atoms with Gasteiger partial charge in [-0.25, -0.2) is 0 Å². The van der Waals surface area contributed by atoms with Gasteiger partial charge in [0.05, 0.1) is 7.11 Å². The minimum atomic E-state index is 0.712. The van der Waals surface area contributed by atoms with Crippen molar-refractivity contribution in [2.24, 2.45) is 4.99 Å². The predicted molar refractivity (Wildman–Crippen MR) is 52.4 cm³/mol. The molecule has 0 aromatic rings. The van der Waals surface area contributed by atoms with Crippen LogP contribution in [0, 0.1) is 0 Å². The lowest BCUT2D eigenvalue weighted by Gasteiger charge is -2.12. The van der Waals surface area contributed by atoms with Crippen LogP contribution in [0.3, 0.4) is 0 Å². The Morgan fingerprint density at radius 2 is 2.15 bits per heavy atom. The van der Waals surface area contributed by atoms with Gasteiger partial charge in [0.1, 0.15) is 5.84 Å². The number of likely N-dealkylation sites (N-methyl/N-ethyl adjacent to an activating group) is 1. The Balaban J connectivity index is 2.42. The highest BCUT2D eigenvalue weighted by atomic mass is 16.5. The minimum Gasteiger partial charge on any atom is -0.480 e. The molecule has 0 amide bonds. The first kappa shape index (κ1) is 8.10. The van der Waals surface area contributed by atoms with E-state index < -0.39 is 0 Å². The van der Waals surface area contributed by atoms with Gasteiger partial charge in [-0.3, -0.25) is 0 Å². The molecule has 1 aliphatic heterocycles. The highest BCUT2D eigenvalue weighted by Gasteiger charge is 2.25. The minimum absolute atomic E-state index is 0.712. The molecular weight excluding hydrogens is 164 g/mol. The summed E-state index contributed by atoms with van der Waals surface area (Å²) >= 11 is 0. The van der Waals surface area contributed by atoms with Crippen LogP contribution in [0.1, 0.15) is 0 Å². The van der Waals surface area contributed by atoms with E-state index in [1.54, 1.807) is 7.11 Å². The van der Waals surface area contributed by atoms with Gasteiger partial charge in [0.25, 0.3) is 0 Å². The summed E-state index contributed by atoms with van der Waals surface area (Å²) in [6.07, 6.45) is 6.09. The smallest absolute Gasteiger partial charge is 0.223 e. The first-order valence-corrected chi connectivity index (χ1v) is 4.17. The molecule has 2 rings (SSSR count). The summed E-state index contributed by atoms with van der Waals surface area (Å²) in [5, 5.41) is 0. The SMILES string of the molecule is COC1=C2C=CC=C2C(N(C)C)=N1. The number of methoxy groups -OCH3 is 1. The molecule has 0 N–H and O–H groups in total. The zero-order valence-electron chi connectivity index (χ0n) is 8.03. The first-order valence-electron chi connectivity index (χ1n) is 4.17. The Hall–Kier alpha value is -1.51. The van der Waals surface area contributed by atoms with E-state index in [1.165, 1.54) is 0 Å². The highest BCUT2D eigenvalue weighted by Crippen LogP contribution is 2.31. The number of amidine groups is 1. The lowest BCUT2D eigenvalue weighted by atomic mass is 10.1. The summed E-state index contributed by atoms with van der Waals surface area (Å²) < 4.78 is 5.18. The molecule has 0 aromatic carbocycles. The van der Waals surface area contributed by atoms with Gasteiger partial charge in [-0.15, -0.1) is 0 Å². The van der Waals surface area contributed by atoms with Crippen molar-refractivity contribution < 1.29 is 4.74 Å². The highest BCUT2D eigenvalue weighted by molar-refractivity contribution is 6.07. The van der Waals surface area contributed by atoms with Crippen molar-refractivity contribution in [1.82, 2.24) is 4.90 Å². The van der Waals surface area contributed by atoms with Gasteiger partial charge >= 0.3 is 0 Å². The molecule has 0 aromatic heterocycles. The van der Waals surface area contributed by atoms with Crippen LogP contribution < -0.4 is 0 Å². The molecule has 1 heterocycles. The Bertz CT molecular complexity index is 359. The number of hydrogen-bond acceptors (Lipinski definition) is 3. The summed E-state index contributed by atoms with van der Waals surface area (Å²) in [4.78, 5) is 6.36. The van der Waals surface area contributed by atoms with E-state index in [9.17, 15) is 0 Å². The van der Waals surface area contributed by atoms with Crippen LogP contribution in [0.2, 0.25) is 0 Å². The second-order valence-corrected chi connectivity index (χ2v) is 3.19. The number of nitrogens with zero attached hydrogens (tertiary/aromatic N) is 2. The Morgan fingerprint density at radius 1 is 1.38 bits per heavy atom. The number of rotatable bonds is 1. The van der Waals surface area contributed by atoms with Crippen LogP contribution in [0.15, 0.2) is 40.2 Å². The van der Waals surface area contributed by atoms with Crippen molar-refractivity contribution >= 4 is 5.84 Å². The van der Waals surface area contributed by atoms with E-state index in [0.29, 0.717) is 5.88 Å². The van der Waals surface area contributed by atoms with Crippen molar-refractivity contribution in [3.63, 3.8) is 0 Å². The van der Waals surface area contributed by atoms with Gasteiger partial charge in [-0.1, -0.05) is 12.2 Å². The predicted octanol–water partition coefficient (Wildman–Crippen LogP) is 1.31. The van der Waals surface area contributed by atoms with Gasteiger partial charge in [-0.2, -0.15) is 4.99 Å². The molecule has 0 fully saturated rings. The van der Waals surface area contributed by atoms with Gasteiger partial charge in [0.2, 0.25) is 5.88 Å². The number of allylic oxidation sites excluding steroid dienone is 3. The zero-order valence-corrected chi connectivity index (χ0v) is 8.03. The molecule has 2 aliphatic rings. The summed E-state index contributed by atoms with van der Waals surface area (Å²) in [6, 6.07) is 0. The van der Waals surface area contributed by atoms with Crippen molar-refractivity contribution in [1.29, 1.82) is 0 Å². The fraction of sp³-hybridized carbons (Fsp3) is 0.300. The molecule has 0 saturated heterocycles. The van der Waals surface area contributed by atoms with E-state index in [1.807, 2.05) is 31.1 Å². The van der Waals surface area contributed by atoms with Crippen molar-refractivity contribution in [3.8, 4) is 0 Å². The standard InChI is InChI=1S/C10H12N2O/c1-12(2)9-7-5-4-6-8(7)10(11-9)13-3/h4-6H,1-3H3. The second-order valence-electron chi connectivity index (χ2n) is 3.19. The molecule has 0 saturated carbocycles. The molecule has 13 heavy (non-hydrogen) atoms. The average molecular weight is 176 g/mol. The Labute approximate surface area is 77.7 Å². The van der Waals surface area contributed by atoms with Crippen molar-refractivity contribution in [2.75, 3.05) is 21.2 Å². The molecule has 3 heteroatoms. The molecule has 0 radical (unpaired) electrons. The summed E-state index contributed by atoms with van der Waals surface area (Å²) in [6.45, 7) is 0. The number of fused-ring (bicyclic) bond motifs is 1. The molecular formula is C10H12N2O. The van der Waals surface area contributed by atoms with Crippen LogP contribution in [-0.4, -0.2) is 31.9 Å². The molecule has 3 nitrogen and oxygen atoms in total. The third-order valence-electron chi connectivity index (χ3n) is 2.11. The van der Waals surface area contributed by atoms with Crippen LogP contribution >= 0.6 is 0 Å². The maximum atomic E-state index is 5.18. The maximum absolute atomic E-state index is 5.18. The first-order chi connectivity index (χ1) is 6.24. The summed E-state index contributed by atoms with van der Waals surface area (Å²) in [5.41, 5.74) is 2.24. The molecule has 0 atom stereocenters. The maximum Gasteiger partial charge on any atom is 0.223 e. The molecule has 0 bridgehead atoms. The molecule has 0 spiro atoms. The number of hydrogen-bond donors (Lipinski definition) is 0. The van der Waals surface area contributed by atoms with Crippen molar-refractivity contribution in [3.05, 3.63) is 35.3 Å². The van der Waals surface area contributed by atoms with Gasteiger partial charge in [0, 0.05) is 25.2 Å². The molecule has 1 aliphatic carbocycles. The monoisotopic (exact) mass is 176 g/mol. The fourth-order valence-corrected chi connectivity index (χ4v) is 1.51. The second kappa shape index (κ2) is 2.76. The van der Waals surface area contributed by atoms with E-state index in [-0.39, 0.29) is 0 Å². The van der Waals surface area contributed by atoms with E-state index in [4.69, 9.17) is 4.74 Å². The summed E-state index contributed by atoms with van der Waals surface area (Å²) in [5.74, 6) is 1.68. The number of ether oxygens (including phenoxy) is 1. The lowest BCUT2D eigenvalue weighted by Crippen LogP contribution is -2.21. The molecule has 0 unspecified atom stereocenters. The van der Waals surface area contributed by atoms with Gasteiger partial charge < -0.3 is 9.64 Å². The normalized spacial score (nSPS) is 18.7. The zero-order chi connectivity index (χ0) is 9.42. The van der Waals surface area contributed by atoms with Crippen LogP contribution in [0.25, 0.3) is 0 Å². The van der Waals surface area contributed by atoms with Crippen LogP contribution in [-0.2, 0) is 4.74 Å². The third kappa shape index (κ3) is 1.08. The lowest BCUT2D eigenvalue weighted by molar-refractivity contribution is 0.287. The van der Waals surface area contributed by atoms with Crippen LogP contribution in [0.4, 0.5) is 0 Å². The topological polar surface area (TPSA) is 24.8 Å². The molecule has 68 valence electrons.